The molecule has 0 radical (unpaired) electrons. The number of phenolic OH excluding ortho intramolecular Hbond substituents is 1. The van der Waals surface area contributed by atoms with Gasteiger partial charge in [0.15, 0.2) is 17.5 Å². The number of hydrogen-bond donors (Lipinski definition) is 2. The van der Waals surface area contributed by atoms with Gasteiger partial charge in [-0.3, -0.25) is 9.80 Å². The van der Waals surface area contributed by atoms with Gasteiger partial charge in [-0.1, -0.05) is 53.9 Å². The third kappa shape index (κ3) is 12.7. The minimum Gasteiger partial charge on any atom is -0.507 e. The molecule has 16 heteroatoms. The molecule has 0 aliphatic rings. The first kappa shape index (κ1) is 44.6. The number of aromatic hydroxyl groups is 1. The molecule has 0 aliphatic carbocycles. The second-order valence-corrected chi connectivity index (χ2v) is 14.1. The molecule has 0 amide bonds. The van der Waals surface area contributed by atoms with Crippen molar-refractivity contribution in [3.8, 4) is 45.7 Å². The van der Waals surface area contributed by atoms with Crippen molar-refractivity contribution in [2.45, 2.75) is 53.4 Å². The van der Waals surface area contributed by atoms with Crippen LogP contribution in [0.4, 0.5) is 17.8 Å². The van der Waals surface area contributed by atoms with E-state index in [2.05, 4.69) is 46.2 Å². The molecule has 0 unspecified atom stereocenters. The summed E-state index contributed by atoms with van der Waals surface area (Å²) in [5.41, 5.74) is 6.77. The van der Waals surface area contributed by atoms with Crippen molar-refractivity contribution in [3.63, 3.8) is 0 Å². The first-order valence-corrected chi connectivity index (χ1v) is 19.5. The monoisotopic (exact) mass is 811 g/mol. The van der Waals surface area contributed by atoms with Crippen molar-refractivity contribution in [1.29, 1.82) is 0 Å². The molecule has 2 aromatic heterocycles. The maximum Gasteiger partial charge on any atom is 0.235 e. The zero-order chi connectivity index (χ0) is 42.1. The number of ether oxygens (including phenoxy) is 6. The van der Waals surface area contributed by atoms with E-state index in [0.29, 0.717) is 59.8 Å². The average molecular weight is 812 g/mol. The Balaban J connectivity index is 1.14. The molecule has 2 heterocycles. The highest BCUT2D eigenvalue weighted by atomic mass is 16.5. The number of phenols is 1. The van der Waals surface area contributed by atoms with E-state index in [1.165, 1.54) is 0 Å². The van der Waals surface area contributed by atoms with Crippen molar-refractivity contribution in [2.75, 3.05) is 90.4 Å². The Bertz CT molecular complexity index is 2030. The Morgan fingerprint density at radius 2 is 1.05 bits per heavy atom. The molecule has 5 aromatic rings. The lowest BCUT2D eigenvalue weighted by Crippen LogP contribution is -2.34. The number of aryl methyl sites for hydroxylation is 4. The second-order valence-electron chi connectivity index (χ2n) is 14.1. The van der Waals surface area contributed by atoms with E-state index in [9.17, 15) is 5.11 Å². The van der Waals surface area contributed by atoms with Crippen LogP contribution in [0.1, 0.15) is 47.9 Å². The first-order valence-electron chi connectivity index (χ1n) is 19.5. The average Bonchev–Trinajstić information content (AvgIpc) is 3.21. The molecule has 0 saturated heterocycles. The van der Waals surface area contributed by atoms with E-state index in [0.717, 1.165) is 59.1 Å². The lowest BCUT2D eigenvalue weighted by molar-refractivity contribution is 0.100. The van der Waals surface area contributed by atoms with Gasteiger partial charge in [-0.2, -0.15) is 15.0 Å². The Morgan fingerprint density at radius 1 is 0.542 bits per heavy atom. The number of nitrogens with zero attached hydrogens (tertiary/aromatic N) is 8. The molecule has 0 atom stereocenters. The Morgan fingerprint density at radius 3 is 1.56 bits per heavy atom. The first-order chi connectivity index (χ1) is 28.6. The molecule has 5 rings (SSSR count). The van der Waals surface area contributed by atoms with Crippen LogP contribution in [-0.4, -0.2) is 110 Å². The SMILES string of the molecule is COCNc1nc(N(COC)COC)nc(N(COC)COCCCCCCOc2ccc(-c3nc(-c4ccc(C)cc4C)nc(-c4ccc(C)cc4C)n3)c(O)c2)n1. The van der Waals surface area contributed by atoms with Crippen molar-refractivity contribution in [3.05, 3.63) is 76.9 Å². The predicted molar refractivity (Wildman–Crippen MR) is 227 cm³/mol. The van der Waals surface area contributed by atoms with Gasteiger partial charge in [0.2, 0.25) is 17.8 Å². The van der Waals surface area contributed by atoms with E-state index in [1.54, 1.807) is 50.4 Å². The summed E-state index contributed by atoms with van der Waals surface area (Å²) in [6.07, 6.45) is 3.60. The summed E-state index contributed by atoms with van der Waals surface area (Å²) in [7, 11) is 6.34. The summed E-state index contributed by atoms with van der Waals surface area (Å²) in [6.45, 7) is 10.3. The van der Waals surface area contributed by atoms with Crippen LogP contribution in [-0.2, 0) is 23.7 Å². The maximum absolute atomic E-state index is 11.2. The predicted octanol–water partition coefficient (Wildman–Crippen LogP) is 7.05. The fourth-order valence-electron chi connectivity index (χ4n) is 6.31. The van der Waals surface area contributed by atoms with E-state index in [-0.39, 0.29) is 39.4 Å². The number of methoxy groups -OCH3 is 4. The summed E-state index contributed by atoms with van der Waals surface area (Å²) < 4.78 is 33.2. The van der Waals surface area contributed by atoms with Crippen LogP contribution in [0, 0.1) is 27.7 Å². The largest absolute Gasteiger partial charge is 0.507 e. The summed E-state index contributed by atoms with van der Waals surface area (Å²) in [5.74, 6) is 3.14. The molecule has 3 aromatic carbocycles. The Kier molecular flexibility index (Phi) is 17.1. The van der Waals surface area contributed by atoms with Crippen LogP contribution in [0.3, 0.4) is 0 Å². The highest BCUT2D eigenvalue weighted by Gasteiger charge is 2.19. The van der Waals surface area contributed by atoms with Crippen LogP contribution >= 0.6 is 0 Å². The number of unbranched alkanes of at least 4 members (excludes halogenated alkanes) is 3. The van der Waals surface area contributed by atoms with Gasteiger partial charge in [-0.15, -0.1) is 0 Å². The number of anilines is 3. The standard InChI is InChI=1S/C43H57N9O7/c1-29-13-16-34(31(3)21-29)38-45-39(35-17-14-30(2)22-32(35)4)47-40(46-38)36-18-15-33(23-37(36)53)59-20-12-10-9-11-19-58-28-52(27-57-8)43-49-41(44-24-54-5)48-42(50-43)51(25-55-6)26-56-7/h13-18,21-23,53H,9-12,19-20,24-28H2,1-8H3,(H,44,48,49,50). The topological polar surface area (TPSA) is 171 Å². The Hall–Kier alpha value is -5.52. The molecule has 59 heavy (non-hydrogen) atoms. The van der Waals surface area contributed by atoms with Crippen LogP contribution in [0.5, 0.6) is 11.5 Å². The van der Waals surface area contributed by atoms with E-state index < -0.39 is 0 Å². The van der Waals surface area contributed by atoms with Crippen molar-refractivity contribution in [1.82, 2.24) is 29.9 Å². The minimum absolute atomic E-state index is 0.0321. The highest BCUT2D eigenvalue weighted by molar-refractivity contribution is 5.72. The van der Waals surface area contributed by atoms with Gasteiger partial charge in [-0.25, -0.2) is 15.0 Å². The molecular formula is C43H57N9O7. The quantitative estimate of drug-likeness (QED) is 0.0479. The van der Waals surface area contributed by atoms with Gasteiger partial charge in [-0.05, 0) is 70.2 Å². The van der Waals surface area contributed by atoms with Gasteiger partial charge in [0.25, 0.3) is 0 Å². The molecule has 16 nitrogen and oxygen atoms in total. The zero-order valence-corrected chi connectivity index (χ0v) is 35.4. The zero-order valence-electron chi connectivity index (χ0n) is 35.4. The van der Waals surface area contributed by atoms with Crippen LogP contribution < -0.4 is 19.9 Å². The summed E-state index contributed by atoms with van der Waals surface area (Å²) >= 11 is 0. The molecule has 0 aliphatic heterocycles. The van der Waals surface area contributed by atoms with Gasteiger partial charge < -0.3 is 38.8 Å². The summed E-state index contributed by atoms with van der Waals surface area (Å²) in [6, 6.07) is 17.6. The van der Waals surface area contributed by atoms with E-state index >= 15 is 0 Å². The van der Waals surface area contributed by atoms with Gasteiger partial charge in [0.1, 0.15) is 45.2 Å². The summed E-state index contributed by atoms with van der Waals surface area (Å²) in [4.78, 5) is 31.7. The number of benzene rings is 3. The number of nitrogens with one attached hydrogen (secondary N) is 1. The third-order valence-corrected chi connectivity index (χ3v) is 9.20. The van der Waals surface area contributed by atoms with Gasteiger partial charge >= 0.3 is 0 Å². The van der Waals surface area contributed by atoms with Crippen LogP contribution in [0.2, 0.25) is 0 Å². The summed E-state index contributed by atoms with van der Waals surface area (Å²) in [5, 5.41) is 14.2. The lowest BCUT2D eigenvalue weighted by Gasteiger charge is -2.25. The van der Waals surface area contributed by atoms with Crippen molar-refractivity contribution in [2.24, 2.45) is 0 Å². The fourth-order valence-corrected chi connectivity index (χ4v) is 6.31. The van der Waals surface area contributed by atoms with Crippen molar-refractivity contribution >= 4 is 17.8 Å². The number of rotatable bonds is 24. The van der Waals surface area contributed by atoms with Gasteiger partial charge in [0.05, 0.1) is 12.2 Å². The van der Waals surface area contributed by atoms with Gasteiger partial charge in [0, 0.05) is 52.2 Å². The molecule has 2 N–H and O–H groups in total. The normalized spacial score (nSPS) is 11.2. The number of hydrogen-bond acceptors (Lipinski definition) is 16. The van der Waals surface area contributed by atoms with E-state index in [1.807, 2.05) is 44.2 Å². The molecule has 0 fully saturated rings. The fraction of sp³-hybridized carbons (Fsp3) is 0.442. The second kappa shape index (κ2) is 22.6. The third-order valence-electron chi connectivity index (χ3n) is 9.20. The Labute approximate surface area is 346 Å². The van der Waals surface area contributed by atoms with Crippen LogP contribution in [0.15, 0.2) is 54.6 Å². The molecule has 0 spiro atoms. The molecule has 316 valence electrons. The molecule has 0 saturated carbocycles. The lowest BCUT2D eigenvalue weighted by atomic mass is 10.0. The minimum atomic E-state index is 0.0321. The van der Waals surface area contributed by atoms with Crippen LogP contribution in [0.25, 0.3) is 34.2 Å². The number of aromatic nitrogens is 6. The smallest absolute Gasteiger partial charge is 0.235 e. The van der Waals surface area contributed by atoms with E-state index in [4.69, 9.17) is 43.4 Å². The highest BCUT2D eigenvalue weighted by Crippen LogP contribution is 2.34. The maximum atomic E-state index is 11.2. The molecular weight excluding hydrogens is 755 g/mol. The molecule has 0 bridgehead atoms. The van der Waals surface area contributed by atoms with Crippen molar-refractivity contribution < 1.29 is 33.5 Å².